The normalized spacial score (nSPS) is 15.7. The highest BCUT2D eigenvalue weighted by Gasteiger charge is 2.28. The molecule has 1 aromatic carbocycles. The number of hydrogen-bond donors (Lipinski definition) is 1. The number of imide groups is 1. The predicted octanol–water partition coefficient (Wildman–Crippen LogP) is 1.54. The predicted molar refractivity (Wildman–Crippen MR) is 52.3 cm³/mol. The Balaban J connectivity index is 2.37. The fourth-order valence-corrected chi connectivity index (χ4v) is 1.56. The Bertz CT molecular complexity index is 429. The second-order valence-electron chi connectivity index (χ2n) is 3.07. The second kappa shape index (κ2) is 3.51. The van der Waals surface area contributed by atoms with Gasteiger partial charge in [0.05, 0.1) is 5.69 Å². The quantitative estimate of drug-likeness (QED) is 0.742. The highest BCUT2D eigenvalue weighted by molar-refractivity contribution is 6.31. The van der Waals surface area contributed by atoms with Crippen LogP contribution in [0.3, 0.4) is 0 Å². The highest BCUT2D eigenvalue weighted by atomic mass is 35.5. The number of halogens is 2. The largest absolute Gasteiger partial charge is 0.329 e. The molecular weight excluding hydrogens is 223 g/mol. The summed E-state index contributed by atoms with van der Waals surface area (Å²) in [7, 11) is 0. The Labute approximate surface area is 89.6 Å². The van der Waals surface area contributed by atoms with Crippen LogP contribution >= 0.6 is 11.6 Å². The van der Waals surface area contributed by atoms with E-state index in [-0.39, 0.29) is 17.3 Å². The van der Waals surface area contributed by atoms with Crippen LogP contribution in [0.1, 0.15) is 0 Å². The number of hydrogen-bond acceptors (Lipinski definition) is 2. The molecule has 1 aliphatic rings. The monoisotopic (exact) mass is 228 g/mol. The smallest absolute Gasteiger partial charge is 0.285 e. The minimum Gasteiger partial charge on any atom is -0.285 e. The molecule has 1 aliphatic heterocycles. The number of urea groups is 1. The van der Waals surface area contributed by atoms with Crippen molar-refractivity contribution < 1.29 is 14.0 Å². The molecule has 1 aromatic rings. The number of carbonyl (C=O) groups is 2. The van der Waals surface area contributed by atoms with Gasteiger partial charge in [0.1, 0.15) is 12.4 Å². The van der Waals surface area contributed by atoms with E-state index in [9.17, 15) is 14.0 Å². The molecule has 0 bridgehead atoms. The van der Waals surface area contributed by atoms with E-state index < -0.39 is 17.8 Å². The molecule has 1 saturated heterocycles. The molecule has 3 amide bonds. The lowest BCUT2D eigenvalue weighted by Gasteiger charge is -2.13. The first kappa shape index (κ1) is 9.92. The number of nitrogens with zero attached hydrogens (tertiary/aromatic N) is 1. The minimum absolute atomic E-state index is 0.112. The lowest BCUT2D eigenvalue weighted by Crippen LogP contribution is -2.27. The molecule has 2 rings (SSSR count). The van der Waals surface area contributed by atoms with Crippen molar-refractivity contribution in [3.63, 3.8) is 0 Å². The number of amides is 3. The van der Waals surface area contributed by atoms with Gasteiger partial charge < -0.3 is 0 Å². The van der Waals surface area contributed by atoms with Gasteiger partial charge in [-0.15, -0.1) is 0 Å². The zero-order valence-corrected chi connectivity index (χ0v) is 8.21. The van der Waals surface area contributed by atoms with Crippen LogP contribution in [0.25, 0.3) is 0 Å². The molecule has 6 heteroatoms. The SMILES string of the molecule is O=C1CN(c2cc(F)cc(Cl)c2)C(=O)N1. The lowest BCUT2D eigenvalue weighted by molar-refractivity contribution is -0.117. The Morgan fingerprint density at radius 1 is 1.33 bits per heavy atom. The fraction of sp³-hybridized carbons (Fsp3) is 0.111. The first-order valence-corrected chi connectivity index (χ1v) is 4.51. The van der Waals surface area contributed by atoms with Gasteiger partial charge >= 0.3 is 6.03 Å². The molecule has 0 saturated carbocycles. The van der Waals surface area contributed by atoms with Gasteiger partial charge in [-0.1, -0.05) is 11.6 Å². The van der Waals surface area contributed by atoms with Crippen LogP contribution < -0.4 is 10.2 Å². The molecule has 1 fully saturated rings. The number of carbonyl (C=O) groups excluding carboxylic acids is 2. The molecule has 0 spiro atoms. The Morgan fingerprint density at radius 3 is 2.60 bits per heavy atom. The summed E-state index contributed by atoms with van der Waals surface area (Å²) in [6, 6.07) is 3.12. The molecule has 78 valence electrons. The van der Waals surface area contributed by atoms with E-state index in [1.54, 1.807) is 0 Å². The third kappa shape index (κ3) is 1.92. The molecule has 1 N–H and O–H groups in total. The number of anilines is 1. The van der Waals surface area contributed by atoms with E-state index in [2.05, 4.69) is 5.32 Å². The van der Waals surface area contributed by atoms with Gasteiger partial charge in [0, 0.05) is 5.02 Å². The minimum atomic E-state index is -0.568. The van der Waals surface area contributed by atoms with Gasteiger partial charge in [-0.3, -0.25) is 15.0 Å². The van der Waals surface area contributed by atoms with Gasteiger partial charge in [-0.25, -0.2) is 9.18 Å². The van der Waals surface area contributed by atoms with E-state index in [1.807, 2.05) is 0 Å². The Kier molecular flexibility index (Phi) is 2.32. The molecular formula is C9H6ClFN2O2. The first-order chi connectivity index (χ1) is 7.06. The van der Waals surface area contributed by atoms with Crippen LogP contribution in [0.5, 0.6) is 0 Å². The summed E-state index contributed by atoms with van der Waals surface area (Å²) in [5, 5.41) is 2.26. The maximum absolute atomic E-state index is 13.0. The molecule has 15 heavy (non-hydrogen) atoms. The molecule has 0 atom stereocenters. The Morgan fingerprint density at radius 2 is 2.07 bits per heavy atom. The topological polar surface area (TPSA) is 49.4 Å². The lowest BCUT2D eigenvalue weighted by atomic mass is 10.3. The zero-order chi connectivity index (χ0) is 11.0. The van der Waals surface area contributed by atoms with Crippen LogP contribution in [0.15, 0.2) is 18.2 Å². The van der Waals surface area contributed by atoms with Crippen molar-refractivity contribution in [2.24, 2.45) is 0 Å². The van der Waals surface area contributed by atoms with Crippen LogP contribution in [-0.4, -0.2) is 18.5 Å². The second-order valence-corrected chi connectivity index (χ2v) is 3.50. The summed E-state index contributed by atoms with van der Waals surface area (Å²) in [5.74, 6) is -0.968. The van der Waals surface area contributed by atoms with E-state index in [1.165, 1.54) is 6.07 Å². The molecule has 1 heterocycles. The zero-order valence-electron chi connectivity index (χ0n) is 7.46. The van der Waals surface area contributed by atoms with Gasteiger partial charge in [0.2, 0.25) is 5.91 Å². The molecule has 0 radical (unpaired) electrons. The number of benzene rings is 1. The third-order valence-electron chi connectivity index (χ3n) is 1.95. The highest BCUT2D eigenvalue weighted by Crippen LogP contribution is 2.23. The summed E-state index contributed by atoms with van der Waals surface area (Å²) in [5.41, 5.74) is 0.267. The number of rotatable bonds is 1. The van der Waals surface area contributed by atoms with Crippen LogP contribution in [0.2, 0.25) is 5.02 Å². The van der Waals surface area contributed by atoms with E-state index >= 15 is 0 Å². The first-order valence-electron chi connectivity index (χ1n) is 4.14. The van der Waals surface area contributed by atoms with Gasteiger partial charge in [0.25, 0.3) is 0 Å². The van der Waals surface area contributed by atoms with Gasteiger partial charge in [0.15, 0.2) is 0 Å². The van der Waals surface area contributed by atoms with Crippen molar-refractivity contribution in [3.8, 4) is 0 Å². The molecule has 0 aliphatic carbocycles. The molecule has 4 nitrogen and oxygen atoms in total. The van der Waals surface area contributed by atoms with Crippen molar-refractivity contribution in [2.45, 2.75) is 0 Å². The van der Waals surface area contributed by atoms with Crippen LogP contribution in [0, 0.1) is 5.82 Å². The summed E-state index contributed by atoms with van der Waals surface area (Å²) in [6.45, 7) is -0.112. The molecule has 0 unspecified atom stereocenters. The van der Waals surface area contributed by atoms with E-state index in [0.29, 0.717) is 0 Å². The molecule has 0 aromatic heterocycles. The maximum Gasteiger partial charge on any atom is 0.329 e. The summed E-state index contributed by atoms with van der Waals surface area (Å²) < 4.78 is 13.0. The summed E-state index contributed by atoms with van der Waals surface area (Å²) in [6.07, 6.45) is 0. The average Bonchev–Trinajstić information content (AvgIpc) is 2.43. The fourth-order valence-electron chi connectivity index (χ4n) is 1.35. The van der Waals surface area contributed by atoms with Gasteiger partial charge in [-0.05, 0) is 18.2 Å². The van der Waals surface area contributed by atoms with Crippen molar-refractivity contribution in [3.05, 3.63) is 29.0 Å². The van der Waals surface area contributed by atoms with Crippen molar-refractivity contribution in [1.29, 1.82) is 0 Å². The van der Waals surface area contributed by atoms with Gasteiger partial charge in [-0.2, -0.15) is 0 Å². The summed E-state index contributed by atoms with van der Waals surface area (Å²) >= 11 is 5.63. The van der Waals surface area contributed by atoms with Crippen LogP contribution in [0.4, 0.5) is 14.9 Å². The standard InChI is InChI=1S/C9H6ClFN2O2/c10-5-1-6(11)3-7(2-5)13-4-8(14)12-9(13)15/h1-3H,4H2,(H,12,14,15). The van der Waals surface area contributed by atoms with Crippen LogP contribution in [-0.2, 0) is 4.79 Å². The maximum atomic E-state index is 13.0. The third-order valence-corrected chi connectivity index (χ3v) is 2.17. The summed E-state index contributed by atoms with van der Waals surface area (Å²) in [4.78, 5) is 23.3. The van der Waals surface area contributed by atoms with Crippen molar-refractivity contribution in [2.75, 3.05) is 11.4 Å². The Hall–Kier alpha value is -1.62. The van der Waals surface area contributed by atoms with Crippen molar-refractivity contribution in [1.82, 2.24) is 5.32 Å². The van der Waals surface area contributed by atoms with E-state index in [4.69, 9.17) is 11.6 Å². The average molecular weight is 229 g/mol. The van der Waals surface area contributed by atoms with Crippen molar-refractivity contribution >= 4 is 29.2 Å². The number of nitrogens with one attached hydrogen (secondary N) is 1. The van der Waals surface area contributed by atoms with E-state index in [0.717, 1.165) is 17.0 Å².